The zero-order chi connectivity index (χ0) is 8.97. The summed E-state index contributed by atoms with van der Waals surface area (Å²) < 4.78 is 0. The van der Waals surface area contributed by atoms with E-state index in [1.165, 1.54) is 16.7 Å². The Hall–Kier alpha value is 0.276. The van der Waals surface area contributed by atoms with E-state index in [4.69, 9.17) is 5.11 Å². The zero-order valence-electron chi connectivity index (χ0n) is 8.28. The molecule has 0 saturated carbocycles. The Labute approximate surface area is 124 Å². The Morgan fingerprint density at radius 1 is 1.92 bits per heavy atom. The van der Waals surface area contributed by atoms with Crippen molar-refractivity contribution in [2.45, 2.75) is 0 Å². The number of aromatic carboxylic acids is 1. The van der Waals surface area contributed by atoms with Crippen LogP contribution in [0.4, 0.5) is 5.13 Å². The fourth-order valence-electron chi connectivity index (χ4n) is 0.613. The number of rotatable bonds is 4. The molecule has 1 aromatic heterocycles. The van der Waals surface area contributed by atoms with Crippen molar-refractivity contribution < 1.29 is 62.7 Å². The molecule has 0 aliphatic carbocycles. The standard InChI is InChI=1S/C7H8N2O2S.K.H/c1-2-3-8-7-9-5(4-12-7)6(10)11;;/h2,4H,1,3H2,(H,8,9)(H,10,11);;/q;+1;-1. The van der Waals surface area contributed by atoms with Gasteiger partial charge >= 0.3 is 57.4 Å². The average molecular weight is 224 g/mol. The summed E-state index contributed by atoms with van der Waals surface area (Å²) in [6.45, 7) is 4.11. The van der Waals surface area contributed by atoms with Crippen LogP contribution in [0.25, 0.3) is 0 Å². The maximum absolute atomic E-state index is 10.4. The van der Waals surface area contributed by atoms with E-state index in [1.807, 2.05) is 0 Å². The Bertz CT molecular complexity index is 306. The summed E-state index contributed by atoms with van der Waals surface area (Å²) in [5, 5.41) is 13.5. The normalized spacial score (nSPS) is 8.62. The fourth-order valence-corrected chi connectivity index (χ4v) is 1.31. The van der Waals surface area contributed by atoms with Gasteiger partial charge in [0, 0.05) is 11.9 Å². The van der Waals surface area contributed by atoms with Crippen LogP contribution < -0.4 is 56.7 Å². The van der Waals surface area contributed by atoms with Gasteiger partial charge in [-0.15, -0.1) is 17.9 Å². The molecule has 2 N–H and O–H groups in total. The SMILES string of the molecule is C=CCNc1nc(C(=O)O)cs1.[H-].[K+]. The molecule has 0 aliphatic rings. The van der Waals surface area contributed by atoms with E-state index >= 15 is 0 Å². The summed E-state index contributed by atoms with van der Waals surface area (Å²) in [5.74, 6) is -1.00. The van der Waals surface area contributed by atoms with Gasteiger partial charge in [-0.2, -0.15) is 0 Å². The van der Waals surface area contributed by atoms with Gasteiger partial charge in [0.1, 0.15) is 0 Å². The van der Waals surface area contributed by atoms with Crippen molar-refractivity contribution in [3.63, 3.8) is 0 Å². The van der Waals surface area contributed by atoms with E-state index in [9.17, 15) is 4.79 Å². The van der Waals surface area contributed by atoms with Gasteiger partial charge in [-0.25, -0.2) is 9.78 Å². The van der Waals surface area contributed by atoms with Crippen LogP contribution in [-0.2, 0) is 0 Å². The van der Waals surface area contributed by atoms with Gasteiger partial charge in [0.2, 0.25) is 0 Å². The van der Waals surface area contributed by atoms with E-state index in [1.54, 1.807) is 6.08 Å². The topological polar surface area (TPSA) is 62.2 Å². The molecule has 0 bridgehead atoms. The number of carboxylic acids is 1. The maximum Gasteiger partial charge on any atom is 1.00 e. The van der Waals surface area contributed by atoms with Gasteiger partial charge in [0.05, 0.1) is 0 Å². The van der Waals surface area contributed by atoms with E-state index in [0.29, 0.717) is 11.7 Å². The van der Waals surface area contributed by atoms with Crippen LogP contribution in [-0.4, -0.2) is 22.6 Å². The van der Waals surface area contributed by atoms with Gasteiger partial charge in [-0.1, -0.05) is 6.08 Å². The smallest absolute Gasteiger partial charge is 1.00 e. The van der Waals surface area contributed by atoms with Crippen molar-refractivity contribution in [2.24, 2.45) is 0 Å². The Morgan fingerprint density at radius 3 is 3.08 bits per heavy atom. The van der Waals surface area contributed by atoms with Crippen LogP contribution in [0.2, 0.25) is 0 Å². The second-order valence-corrected chi connectivity index (χ2v) is 2.87. The first-order chi connectivity index (χ1) is 5.74. The second-order valence-electron chi connectivity index (χ2n) is 2.01. The molecule has 0 spiro atoms. The maximum atomic E-state index is 10.4. The summed E-state index contributed by atoms with van der Waals surface area (Å²) >= 11 is 1.27. The van der Waals surface area contributed by atoms with Gasteiger partial charge < -0.3 is 11.8 Å². The number of nitrogens with zero attached hydrogens (tertiary/aromatic N) is 1. The minimum Gasteiger partial charge on any atom is -1.00 e. The molecule has 6 heteroatoms. The van der Waals surface area contributed by atoms with Gasteiger partial charge in [0.25, 0.3) is 0 Å². The van der Waals surface area contributed by atoms with Crippen LogP contribution in [0.5, 0.6) is 0 Å². The summed E-state index contributed by atoms with van der Waals surface area (Å²) in [4.78, 5) is 14.2. The largest absolute Gasteiger partial charge is 1.00 e. The van der Waals surface area contributed by atoms with E-state index in [0.717, 1.165) is 0 Å². The predicted octanol–water partition coefficient (Wildman–Crippen LogP) is -1.44. The monoisotopic (exact) mass is 224 g/mol. The molecule has 0 amide bonds. The first kappa shape index (κ1) is 13.3. The third-order valence-electron chi connectivity index (χ3n) is 1.12. The van der Waals surface area contributed by atoms with Crippen molar-refractivity contribution in [3.8, 4) is 0 Å². The quantitative estimate of drug-likeness (QED) is 0.485. The predicted molar refractivity (Wildman–Crippen MR) is 48.9 cm³/mol. The molecule has 0 aromatic carbocycles. The van der Waals surface area contributed by atoms with Crippen LogP contribution in [0.1, 0.15) is 11.9 Å². The summed E-state index contributed by atoms with van der Waals surface area (Å²) in [6, 6.07) is 0. The molecular weight excluding hydrogens is 215 g/mol. The number of hydrogen-bond donors (Lipinski definition) is 2. The molecular formula is C7H9KN2O2S. The molecule has 0 radical (unpaired) electrons. The fraction of sp³-hybridized carbons (Fsp3) is 0.143. The molecule has 0 aliphatic heterocycles. The van der Waals surface area contributed by atoms with Gasteiger partial charge in [-0.05, 0) is 0 Å². The number of anilines is 1. The van der Waals surface area contributed by atoms with Crippen LogP contribution in [0, 0.1) is 0 Å². The third-order valence-corrected chi connectivity index (χ3v) is 1.92. The zero-order valence-corrected chi connectivity index (χ0v) is 11.2. The van der Waals surface area contributed by atoms with Crippen molar-refractivity contribution in [2.75, 3.05) is 11.9 Å². The molecule has 1 aromatic rings. The average Bonchev–Trinajstić information content (AvgIpc) is 2.48. The van der Waals surface area contributed by atoms with Crippen LogP contribution in [0.3, 0.4) is 0 Å². The number of thiazole rings is 1. The first-order valence-corrected chi connectivity index (χ1v) is 4.15. The molecule has 1 heterocycles. The minimum absolute atomic E-state index is 0. The van der Waals surface area contributed by atoms with Crippen molar-refractivity contribution >= 4 is 22.4 Å². The van der Waals surface area contributed by atoms with Crippen LogP contribution in [0.15, 0.2) is 18.0 Å². The number of aromatic nitrogens is 1. The minimum atomic E-state index is -1.00. The van der Waals surface area contributed by atoms with Gasteiger partial charge in [0.15, 0.2) is 10.8 Å². The van der Waals surface area contributed by atoms with Crippen molar-refractivity contribution in [3.05, 3.63) is 23.7 Å². The number of carboxylic acid groups (broad SMARTS) is 1. The summed E-state index contributed by atoms with van der Waals surface area (Å²) in [7, 11) is 0. The number of hydrogen-bond acceptors (Lipinski definition) is 4. The molecule has 0 unspecified atom stereocenters. The summed E-state index contributed by atoms with van der Waals surface area (Å²) in [6.07, 6.45) is 1.68. The molecule has 0 saturated heterocycles. The first-order valence-electron chi connectivity index (χ1n) is 3.27. The molecule has 1 rings (SSSR count). The summed E-state index contributed by atoms with van der Waals surface area (Å²) in [5.41, 5.74) is 0.0755. The van der Waals surface area contributed by atoms with Crippen LogP contribution >= 0.6 is 11.3 Å². The van der Waals surface area contributed by atoms with Gasteiger partial charge in [-0.3, -0.25) is 0 Å². The number of carbonyl (C=O) groups is 1. The van der Waals surface area contributed by atoms with E-state index in [2.05, 4.69) is 16.9 Å². The molecule has 4 nitrogen and oxygen atoms in total. The third kappa shape index (κ3) is 4.34. The van der Waals surface area contributed by atoms with Crippen molar-refractivity contribution in [1.29, 1.82) is 0 Å². The molecule has 66 valence electrons. The number of nitrogens with one attached hydrogen (secondary N) is 1. The van der Waals surface area contributed by atoms with E-state index < -0.39 is 5.97 Å². The van der Waals surface area contributed by atoms with Crippen molar-refractivity contribution in [1.82, 2.24) is 4.98 Å². The Kier molecular flexibility index (Phi) is 6.83. The Morgan fingerprint density at radius 2 is 2.62 bits per heavy atom. The molecule has 0 fully saturated rings. The molecule has 0 atom stereocenters. The van der Waals surface area contributed by atoms with E-state index in [-0.39, 0.29) is 58.5 Å². The second kappa shape index (κ2) is 6.69. The molecule has 13 heavy (non-hydrogen) atoms. The Balaban J connectivity index is 0.